The van der Waals surface area contributed by atoms with Gasteiger partial charge < -0.3 is 30.5 Å². The molecule has 2 saturated heterocycles. The van der Waals surface area contributed by atoms with E-state index in [-0.39, 0.29) is 34.3 Å². The average molecular weight is 570 g/mol. The number of β-lactam (4-membered cyclic amide) rings is 1. The van der Waals surface area contributed by atoms with E-state index in [1.807, 2.05) is 0 Å². The van der Waals surface area contributed by atoms with Crippen LogP contribution in [0.1, 0.15) is 32.9 Å². The van der Waals surface area contributed by atoms with Gasteiger partial charge in [-0.05, 0) is 45.0 Å². The fourth-order valence-corrected chi connectivity index (χ4v) is 6.28. The number of hydrogen-bond donors (Lipinski definition) is 3. The van der Waals surface area contributed by atoms with Gasteiger partial charge in [0.05, 0.1) is 17.7 Å². The van der Waals surface area contributed by atoms with Crippen LogP contribution in [0.25, 0.3) is 0 Å². The predicted molar refractivity (Wildman–Crippen MR) is 140 cm³/mol. The maximum Gasteiger partial charge on any atom is 0.314 e. The lowest BCUT2D eigenvalue weighted by molar-refractivity contribution is -0.160. The van der Waals surface area contributed by atoms with Gasteiger partial charge in [-0.1, -0.05) is 5.16 Å². The Balaban J connectivity index is 1.50. The molecule has 4 rings (SSSR count). The first kappa shape index (κ1) is 27.3. The Kier molecular flexibility index (Phi) is 8.06. The second-order valence-electron chi connectivity index (χ2n) is 9.55. The van der Waals surface area contributed by atoms with Crippen LogP contribution in [0.5, 0.6) is 0 Å². The molecule has 15 heteroatoms. The fraction of sp³-hybridized carbons (Fsp3) is 0.545. The zero-order valence-corrected chi connectivity index (χ0v) is 22.8. The number of nitrogens with zero attached hydrogens (tertiary/aromatic N) is 3. The maximum absolute atomic E-state index is 13.3. The number of carbonyl (C=O) groups is 3. The van der Waals surface area contributed by atoms with E-state index >= 15 is 0 Å². The van der Waals surface area contributed by atoms with Gasteiger partial charge in [0, 0.05) is 23.7 Å². The number of ether oxygens (including phenoxy) is 3. The molecule has 1 aromatic heterocycles. The van der Waals surface area contributed by atoms with Crippen LogP contribution in [0.15, 0.2) is 21.8 Å². The van der Waals surface area contributed by atoms with Gasteiger partial charge in [0.1, 0.15) is 17.1 Å². The Morgan fingerprint density at radius 2 is 2.16 bits per heavy atom. The second-order valence-corrected chi connectivity index (χ2v) is 11.9. The topological polar surface area (TPSA) is 166 Å². The van der Waals surface area contributed by atoms with Crippen molar-refractivity contribution in [1.82, 2.24) is 15.2 Å². The number of fused-ring (bicyclic) bond motifs is 1. The Labute approximate surface area is 226 Å². The third kappa shape index (κ3) is 5.58. The van der Waals surface area contributed by atoms with Gasteiger partial charge in [0.2, 0.25) is 11.8 Å². The summed E-state index contributed by atoms with van der Waals surface area (Å²) in [5, 5.41) is 16.3. The summed E-state index contributed by atoms with van der Waals surface area (Å²) < 4.78 is 16.3. The summed E-state index contributed by atoms with van der Waals surface area (Å²) in [6.07, 6.45) is 0.779. The second kappa shape index (κ2) is 10.9. The third-order valence-corrected chi connectivity index (χ3v) is 8.26. The van der Waals surface area contributed by atoms with Gasteiger partial charge in [0.25, 0.3) is 11.8 Å². The lowest BCUT2D eigenvalue weighted by Crippen LogP contribution is -2.71. The molecule has 0 aliphatic carbocycles. The molecule has 0 aromatic carbocycles. The largest absolute Gasteiger partial charge is 0.445 e. The molecule has 12 nitrogen and oxygen atoms in total. The minimum absolute atomic E-state index is 0.0302. The number of oxime groups is 1. The molecule has 2 unspecified atom stereocenters. The number of nitrogens with two attached hydrogens (primary N) is 1. The van der Waals surface area contributed by atoms with Gasteiger partial charge in [-0.2, -0.15) is 0 Å². The summed E-state index contributed by atoms with van der Waals surface area (Å²) in [6, 6.07) is -0.886. The molecule has 3 atom stereocenters. The number of hydrogen-bond acceptors (Lipinski definition) is 13. The number of nitrogens with one attached hydrogen (secondary N) is 1. The predicted octanol–water partition coefficient (Wildman–Crippen LogP) is 1.48. The first-order valence-corrected chi connectivity index (χ1v) is 13.7. The van der Waals surface area contributed by atoms with Gasteiger partial charge in [-0.15, -0.1) is 23.1 Å². The highest BCUT2D eigenvalue weighted by Crippen LogP contribution is 2.44. The summed E-state index contributed by atoms with van der Waals surface area (Å²) in [7, 11) is 0. The highest BCUT2D eigenvalue weighted by atomic mass is 32.2. The SMILES string of the molecule is CC(C)(C)C(=O)OCOC(=S)C1=C(C2CCOC2)CS[C@@H]2C(NC(=O)/C(=N\O)c3csc(N)n3)C(=O)N12. The molecule has 0 spiro atoms. The van der Waals surface area contributed by atoms with Crippen molar-refractivity contribution >= 4 is 69.0 Å². The van der Waals surface area contributed by atoms with Gasteiger partial charge in [-0.3, -0.25) is 19.3 Å². The number of anilines is 1. The van der Waals surface area contributed by atoms with E-state index in [4.69, 9.17) is 32.2 Å². The number of carbonyl (C=O) groups excluding carboxylic acids is 3. The third-order valence-electron chi connectivity index (χ3n) is 5.97. The number of esters is 1. The zero-order chi connectivity index (χ0) is 26.9. The Morgan fingerprint density at radius 3 is 2.76 bits per heavy atom. The normalized spacial score (nSPS) is 23.9. The smallest absolute Gasteiger partial charge is 0.314 e. The highest BCUT2D eigenvalue weighted by molar-refractivity contribution is 8.00. The van der Waals surface area contributed by atoms with E-state index in [0.29, 0.717) is 24.7 Å². The molecule has 200 valence electrons. The molecule has 3 aliphatic heterocycles. The molecule has 0 saturated carbocycles. The summed E-state index contributed by atoms with van der Waals surface area (Å²) in [5.74, 6) is -1.01. The maximum atomic E-state index is 13.3. The number of thiazole rings is 1. The van der Waals surface area contributed by atoms with Crippen molar-refractivity contribution in [2.45, 2.75) is 38.6 Å². The summed E-state index contributed by atoms with van der Waals surface area (Å²) in [5.41, 5.74) is 6.02. The monoisotopic (exact) mass is 569 g/mol. The van der Waals surface area contributed by atoms with Crippen LogP contribution in [0.4, 0.5) is 5.13 Å². The Bertz CT molecular complexity index is 1170. The van der Waals surface area contributed by atoms with Crippen molar-refractivity contribution < 1.29 is 33.8 Å². The number of thioether (sulfide) groups is 1. The number of aromatic nitrogens is 1. The molecule has 2 fully saturated rings. The molecule has 3 aliphatic rings. The van der Waals surface area contributed by atoms with Gasteiger partial charge in [-0.25, -0.2) is 4.98 Å². The summed E-state index contributed by atoms with van der Waals surface area (Å²) >= 11 is 8.09. The number of nitrogen functional groups attached to an aromatic ring is 1. The van der Waals surface area contributed by atoms with Crippen molar-refractivity contribution in [2.75, 3.05) is 31.5 Å². The first-order valence-electron chi connectivity index (χ1n) is 11.4. The number of thiocarbonyl (C=S) groups is 1. The van der Waals surface area contributed by atoms with E-state index in [1.54, 1.807) is 20.8 Å². The molecule has 37 heavy (non-hydrogen) atoms. The van der Waals surface area contributed by atoms with E-state index in [9.17, 15) is 19.6 Å². The van der Waals surface area contributed by atoms with Crippen molar-refractivity contribution in [3.05, 3.63) is 22.3 Å². The lowest BCUT2D eigenvalue weighted by Gasteiger charge is -2.50. The van der Waals surface area contributed by atoms with Gasteiger partial charge >= 0.3 is 5.97 Å². The van der Waals surface area contributed by atoms with Crippen molar-refractivity contribution in [3.8, 4) is 0 Å². The van der Waals surface area contributed by atoms with Crippen molar-refractivity contribution in [3.63, 3.8) is 0 Å². The first-order chi connectivity index (χ1) is 17.5. The standard InChI is InChI=1S/C22H27N5O7S3/c1-22(2,3)20(30)34-9-33-19(35)15-11(10-4-5-32-6-10)7-36-18-14(17(29)27(15)18)25-16(28)13(26-31)12-8-37-21(23)24-12/h8,10,14,18,31H,4-7,9H2,1-3H3,(H2,23,24)(H,25,28)/b26-13-/t10?,14?,18-/m1/s1. The highest BCUT2D eigenvalue weighted by Gasteiger charge is 2.54. The van der Waals surface area contributed by atoms with Crippen LogP contribution in [-0.4, -0.2) is 80.8 Å². The lowest BCUT2D eigenvalue weighted by atomic mass is 9.94. The molecule has 0 bridgehead atoms. The van der Waals surface area contributed by atoms with Crippen LogP contribution in [0.2, 0.25) is 0 Å². The minimum atomic E-state index is -0.886. The van der Waals surface area contributed by atoms with Crippen LogP contribution in [0, 0.1) is 11.3 Å². The average Bonchev–Trinajstić information content (AvgIpc) is 3.53. The van der Waals surface area contributed by atoms with Crippen LogP contribution < -0.4 is 11.1 Å². The zero-order valence-electron chi connectivity index (χ0n) is 20.4. The molecule has 4 N–H and O–H groups in total. The van der Waals surface area contributed by atoms with Crippen LogP contribution in [0.3, 0.4) is 0 Å². The Morgan fingerprint density at radius 1 is 1.41 bits per heavy atom. The van der Waals surface area contributed by atoms with E-state index < -0.39 is 34.6 Å². The number of rotatable bonds is 7. The molecule has 2 amide bonds. The summed E-state index contributed by atoms with van der Waals surface area (Å²) in [6.45, 7) is 5.88. The van der Waals surface area contributed by atoms with E-state index in [1.165, 1.54) is 22.0 Å². The van der Waals surface area contributed by atoms with E-state index in [2.05, 4.69) is 15.5 Å². The quantitative estimate of drug-likeness (QED) is 0.0828. The van der Waals surface area contributed by atoms with Crippen molar-refractivity contribution in [2.24, 2.45) is 16.5 Å². The fourth-order valence-electron chi connectivity index (χ4n) is 3.99. The molecule has 1 aromatic rings. The molecule has 4 heterocycles. The summed E-state index contributed by atoms with van der Waals surface area (Å²) in [4.78, 5) is 43.6. The molecule has 0 radical (unpaired) electrons. The minimum Gasteiger partial charge on any atom is -0.445 e. The van der Waals surface area contributed by atoms with Gasteiger partial charge in [0.15, 0.2) is 10.8 Å². The van der Waals surface area contributed by atoms with E-state index in [0.717, 1.165) is 23.3 Å². The Hall–Kier alpha value is -2.75. The molecular formula is C22H27N5O7S3. The van der Waals surface area contributed by atoms with Crippen molar-refractivity contribution in [1.29, 1.82) is 0 Å². The number of amides is 2. The molecular weight excluding hydrogens is 542 g/mol. The van der Waals surface area contributed by atoms with Crippen LogP contribution >= 0.6 is 35.3 Å². The van der Waals surface area contributed by atoms with Crippen LogP contribution in [-0.2, 0) is 28.6 Å².